The highest BCUT2D eigenvalue weighted by Gasteiger charge is 2.17. The average molecular weight is 609 g/mol. The van der Waals surface area contributed by atoms with Crippen LogP contribution >= 0.6 is 0 Å². The Bertz CT molecular complexity index is 712. The first-order chi connectivity index (χ1) is 20.9. The van der Waals surface area contributed by atoms with E-state index in [1.54, 1.807) is 0 Å². The van der Waals surface area contributed by atoms with E-state index in [9.17, 15) is 14.4 Å². The van der Waals surface area contributed by atoms with Gasteiger partial charge >= 0.3 is 0 Å². The maximum Gasteiger partial charge on any atom is 0.240 e. The fraction of sp³-hybridized carbons (Fsp3) is 0.882. The van der Waals surface area contributed by atoms with Crippen LogP contribution in [0.5, 0.6) is 0 Å². The highest BCUT2D eigenvalue weighted by molar-refractivity contribution is 5.86. The molecule has 0 rings (SSSR count). The molecule has 1 atom stereocenters. The molecular weight excluding hydrogens is 540 g/mol. The Labute approximate surface area is 263 Å². The molecule has 0 aromatic heterocycles. The molecule has 3 amide bonds. The molecule has 0 bridgehead atoms. The number of carbonyl (C=O) groups is 3. The van der Waals surface area contributed by atoms with Gasteiger partial charge in [0.2, 0.25) is 17.7 Å². The van der Waals surface area contributed by atoms with Crippen molar-refractivity contribution < 1.29 is 14.4 Å². The summed E-state index contributed by atoms with van der Waals surface area (Å²) in [5.41, 5.74) is 15.9. The van der Waals surface area contributed by atoms with E-state index in [0.29, 0.717) is 38.8 Å². The largest absolute Gasteiger partial charge is 0.370 e. The van der Waals surface area contributed by atoms with Crippen LogP contribution in [0.1, 0.15) is 174 Å². The molecular formula is C34H68N6O3. The molecule has 9 nitrogen and oxygen atoms in total. The van der Waals surface area contributed by atoms with Gasteiger partial charge in [-0.3, -0.25) is 19.4 Å². The summed E-state index contributed by atoms with van der Waals surface area (Å²) in [7, 11) is 0. The van der Waals surface area contributed by atoms with Crippen molar-refractivity contribution in [3.63, 3.8) is 0 Å². The topological polar surface area (TPSA) is 166 Å². The monoisotopic (exact) mass is 609 g/mol. The first kappa shape index (κ1) is 40.7. The number of amides is 3. The van der Waals surface area contributed by atoms with Crippen molar-refractivity contribution in [2.24, 2.45) is 22.2 Å². The van der Waals surface area contributed by atoms with Crippen molar-refractivity contribution in [2.75, 3.05) is 13.1 Å². The van der Waals surface area contributed by atoms with E-state index in [4.69, 9.17) is 17.2 Å². The van der Waals surface area contributed by atoms with Gasteiger partial charge in [0.1, 0.15) is 6.04 Å². The Morgan fingerprint density at radius 2 is 0.977 bits per heavy atom. The lowest BCUT2D eigenvalue weighted by atomic mass is 10.0. The minimum atomic E-state index is -0.750. The minimum Gasteiger partial charge on any atom is -0.370 e. The number of carbonyl (C=O) groups excluding carboxylic acids is 3. The van der Waals surface area contributed by atoms with Gasteiger partial charge in [0.25, 0.3) is 0 Å². The second-order valence-electron chi connectivity index (χ2n) is 12.2. The lowest BCUT2D eigenvalue weighted by molar-refractivity contribution is -0.127. The predicted molar refractivity (Wildman–Crippen MR) is 181 cm³/mol. The predicted octanol–water partition coefficient (Wildman–Crippen LogP) is 6.51. The zero-order chi connectivity index (χ0) is 31.8. The number of nitrogens with one attached hydrogen (secondary N) is 2. The van der Waals surface area contributed by atoms with Gasteiger partial charge in [0, 0.05) is 25.9 Å². The van der Waals surface area contributed by atoms with E-state index < -0.39 is 11.9 Å². The lowest BCUT2D eigenvalue weighted by Crippen LogP contribution is -2.44. The summed E-state index contributed by atoms with van der Waals surface area (Å²) in [6.45, 7) is 3.09. The Balaban J connectivity index is 3.45. The van der Waals surface area contributed by atoms with E-state index >= 15 is 0 Å². The molecule has 0 heterocycles. The van der Waals surface area contributed by atoms with Gasteiger partial charge in [-0.25, -0.2) is 0 Å². The van der Waals surface area contributed by atoms with Crippen molar-refractivity contribution in [1.82, 2.24) is 10.6 Å². The van der Waals surface area contributed by atoms with Crippen LogP contribution in [0.25, 0.3) is 0 Å². The summed E-state index contributed by atoms with van der Waals surface area (Å²) in [6.07, 6.45) is 30.5. The number of hydrogen-bond acceptors (Lipinski definition) is 4. The van der Waals surface area contributed by atoms with Gasteiger partial charge in [-0.1, -0.05) is 135 Å². The number of guanidine groups is 1. The van der Waals surface area contributed by atoms with Gasteiger partial charge in [0.15, 0.2) is 5.96 Å². The number of unbranched alkanes of at least 4 members (excludes halogenated alkanes) is 20. The molecule has 0 unspecified atom stereocenters. The highest BCUT2D eigenvalue weighted by Crippen LogP contribution is 2.15. The molecule has 0 aliphatic heterocycles. The SMILES string of the molecule is CCCCCCCCCCCCCCCCCCCCCCCC(=O)NCCCC(=O)N[C@@H](CCCN=C(N)N)C(N)=O. The Morgan fingerprint density at radius 3 is 1.40 bits per heavy atom. The Kier molecular flexibility index (Phi) is 29.4. The molecule has 0 spiro atoms. The average Bonchev–Trinajstić information content (AvgIpc) is 2.97. The van der Waals surface area contributed by atoms with Crippen LogP contribution in [0.15, 0.2) is 4.99 Å². The molecule has 0 aliphatic carbocycles. The van der Waals surface area contributed by atoms with Crippen LogP contribution in [0.3, 0.4) is 0 Å². The second-order valence-corrected chi connectivity index (χ2v) is 12.2. The molecule has 0 saturated heterocycles. The quantitative estimate of drug-likeness (QED) is 0.0333. The van der Waals surface area contributed by atoms with Gasteiger partial charge in [-0.05, 0) is 25.7 Å². The van der Waals surface area contributed by atoms with Gasteiger partial charge in [-0.2, -0.15) is 0 Å². The molecule has 8 N–H and O–H groups in total. The third kappa shape index (κ3) is 30.9. The Morgan fingerprint density at radius 1 is 0.558 bits per heavy atom. The normalized spacial score (nSPS) is 11.7. The number of rotatable bonds is 32. The van der Waals surface area contributed by atoms with Crippen LogP contribution < -0.4 is 27.8 Å². The van der Waals surface area contributed by atoms with Crippen molar-refractivity contribution in [3.05, 3.63) is 0 Å². The summed E-state index contributed by atoms with van der Waals surface area (Å²) < 4.78 is 0. The number of primary amides is 1. The first-order valence-electron chi connectivity index (χ1n) is 17.8. The molecule has 0 fully saturated rings. The Hall–Kier alpha value is -2.32. The van der Waals surface area contributed by atoms with E-state index in [1.165, 1.54) is 122 Å². The second kappa shape index (κ2) is 31.1. The molecule has 252 valence electrons. The first-order valence-corrected chi connectivity index (χ1v) is 17.8. The lowest BCUT2D eigenvalue weighted by Gasteiger charge is -2.15. The zero-order valence-corrected chi connectivity index (χ0v) is 27.8. The molecule has 9 heteroatoms. The standard InChI is InChI=1S/C34H68N6O3/c1-2-3-4-5-6-7-8-9-10-11-12-13-14-15-16-17-18-19-20-21-22-26-31(41)38-28-24-27-32(42)40-30(33(35)43)25-23-29-39-34(36)37/h30H,2-29H2,1H3,(H2,35,43)(H,38,41)(H,40,42)(H4,36,37,39)/t30-/m0/s1. The van der Waals surface area contributed by atoms with Gasteiger partial charge < -0.3 is 27.8 Å². The summed E-state index contributed by atoms with van der Waals surface area (Å²) in [4.78, 5) is 39.6. The van der Waals surface area contributed by atoms with E-state index in [1.807, 2.05) is 0 Å². The molecule has 0 radical (unpaired) electrons. The van der Waals surface area contributed by atoms with Crippen LogP contribution in [0.4, 0.5) is 0 Å². The molecule has 0 aliphatic rings. The van der Waals surface area contributed by atoms with E-state index in [2.05, 4.69) is 22.5 Å². The number of hydrogen-bond donors (Lipinski definition) is 5. The number of aliphatic imine (C=N–C) groups is 1. The summed E-state index contributed by atoms with van der Waals surface area (Å²) >= 11 is 0. The van der Waals surface area contributed by atoms with Crippen LogP contribution in [0.2, 0.25) is 0 Å². The van der Waals surface area contributed by atoms with Crippen LogP contribution in [-0.4, -0.2) is 42.8 Å². The zero-order valence-electron chi connectivity index (χ0n) is 27.8. The van der Waals surface area contributed by atoms with Crippen LogP contribution in [-0.2, 0) is 14.4 Å². The molecule has 0 aromatic carbocycles. The fourth-order valence-corrected chi connectivity index (χ4v) is 5.34. The summed E-state index contributed by atoms with van der Waals surface area (Å²) in [5.74, 6) is -0.823. The van der Waals surface area contributed by atoms with Crippen molar-refractivity contribution in [2.45, 2.75) is 180 Å². The van der Waals surface area contributed by atoms with Crippen molar-refractivity contribution in [1.29, 1.82) is 0 Å². The van der Waals surface area contributed by atoms with Crippen molar-refractivity contribution >= 4 is 23.7 Å². The summed E-state index contributed by atoms with van der Waals surface area (Å²) in [6, 6.07) is -0.750. The third-order valence-corrected chi connectivity index (χ3v) is 8.03. The fourth-order valence-electron chi connectivity index (χ4n) is 5.34. The number of nitrogens with two attached hydrogens (primary N) is 3. The van der Waals surface area contributed by atoms with Gasteiger partial charge in [-0.15, -0.1) is 0 Å². The van der Waals surface area contributed by atoms with E-state index in [-0.39, 0.29) is 24.2 Å². The number of nitrogens with zero attached hydrogens (tertiary/aromatic N) is 1. The smallest absolute Gasteiger partial charge is 0.240 e. The minimum absolute atomic E-state index is 0.0116. The summed E-state index contributed by atoms with van der Waals surface area (Å²) in [5, 5.41) is 5.53. The highest BCUT2D eigenvalue weighted by atomic mass is 16.2. The van der Waals surface area contributed by atoms with Gasteiger partial charge in [0.05, 0.1) is 0 Å². The molecule has 0 aromatic rings. The molecule has 0 saturated carbocycles. The molecule has 43 heavy (non-hydrogen) atoms. The van der Waals surface area contributed by atoms with Crippen LogP contribution in [0, 0.1) is 0 Å². The third-order valence-electron chi connectivity index (χ3n) is 8.03. The van der Waals surface area contributed by atoms with Crippen molar-refractivity contribution in [3.8, 4) is 0 Å². The maximum absolute atomic E-state index is 12.1. The van der Waals surface area contributed by atoms with E-state index in [0.717, 1.165) is 12.8 Å². The maximum atomic E-state index is 12.1.